The number of amides is 1. The lowest BCUT2D eigenvalue weighted by Crippen LogP contribution is -2.41. The molecule has 2 N–H and O–H groups in total. The van der Waals surface area contributed by atoms with Crippen LogP contribution in [0.5, 0.6) is 0 Å². The average Bonchev–Trinajstić information content (AvgIpc) is 2.77. The molecule has 1 saturated heterocycles. The molecule has 4 nitrogen and oxygen atoms in total. The number of piperidine rings is 1. The third-order valence-corrected chi connectivity index (χ3v) is 3.76. The summed E-state index contributed by atoms with van der Waals surface area (Å²) >= 11 is 1.43. The maximum Gasteiger partial charge on any atom is 0.222 e. The number of carbonyl (C=O) groups excluding carboxylic acids is 2. The van der Waals surface area contributed by atoms with Gasteiger partial charge in [0.25, 0.3) is 0 Å². The molecular formula is C11H14N2O2S. The number of nitrogens with zero attached hydrogens (tertiary/aromatic N) is 1. The van der Waals surface area contributed by atoms with Gasteiger partial charge in [-0.1, -0.05) is 0 Å². The van der Waals surface area contributed by atoms with Crippen molar-refractivity contribution in [2.75, 3.05) is 18.0 Å². The molecule has 0 aromatic carbocycles. The van der Waals surface area contributed by atoms with Gasteiger partial charge >= 0.3 is 0 Å². The predicted octanol–water partition coefficient (Wildman–Crippen LogP) is 1.26. The van der Waals surface area contributed by atoms with E-state index in [1.54, 1.807) is 0 Å². The molecule has 1 aromatic rings. The predicted molar refractivity (Wildman–Crippen MR) is 63.8 cm³/mol. The summed E-state index contributed by atoms with van der Waals surface area (Å²) < 4.78 is 0. The summed E-state index contributed by atoms with van der Waals surface area (Å²) in [6, 6.07) is 1.86. The minimum absolute atomic E-state index is 0.0617. The van der Waals surface area contributed by atoms with E-state index in [9.17, 15) is 9.59 Å². The Balaban J connectivity index is 2.09. The Hall–Kier alpha value is -1.36. The first-order valence-electron chi connectivity index (χ1n) is 5.28. The first-order valence-corrected chi connectivity index (χ1v) is 6.16. The van der Waals surface area contributed by atoms with E-state index in [-0.39, 0.29) is 11.8 Å². The van der Waals surface area contributed by atoms with Crippen molar-refractivity contribution in [3.63, 3.8) is 0 Å². The molecule has 0 radical (unpaired) electrons. The zero-order chi connectivity index (χ0) is 11.5. The van der Waals surface area contributed by atoms with Crippen LogP contribution in [0.1, 0.15) is 22.5 Å². The van der Waals surface area contributed by atoms with Crippen LogP contribution in [0.15, 0.2) is 11.4 Å². The minimum atomic E-state index is -0.226. The average molecular weight is 238 g/mol. The number of nitrogens with two attached hydrogens (primary N) is 1. The van der Waals surface area contributed by atoms with Gasteiger partial charge in [0, 0.05) is 24.2 Å². The zero-order valence-electron chi connectivity index (χ0n) is 8.89. The summed E-state index contributed by atoms with van der Waals surface area (Å²) in [5.41, 5.74) is 6.35. The van der Waals surface area contributed by atoms with Crippen molar-refractivity contribution in [1.82, 2.24) is 0 Å². The van der Waals surface area contributed by atoms with Gasteiger partial charge in [-0.15, -0.1) is 11.3 Å². The Morgan fingerprint density at radius 1 is 1.62 bits per heavy atom. The van der Waals surface area contributed by atoms with Crippen LogP contribution < -0.4 is 10.6 Å². The smallest absolute Gasteiger partial charge is 0.222 e. The first-order chi connectivity index (χ1) is 7.70. The summed E-state index contributed by atoms with van der Waals surface area (Å²) in [6.45, 7) is 1.60. The fourth-order valence-electron chi connectivity index (χ4n) is 2.01. The third-order valence-electron chi connectivity index (χ3n) is 2.91. The number of rotatable bonds is 3. The SMILES string of the molecule is NC(=O)C1CCCN(c2csc(C=O)c2)C1. The van der Waals surface area contributed by atoms with E-state index in [1.165, 1.54) is 11.3 Å². The molecule has 0 aliphatic carbocycles. The van der Waals surface area contributed by atoms with Crippen molar-refractivity contribution in [2.24, 2.45) is 11.7 Å². The van der Waals surface area contributed by atoms with E-state index in [1.807, 2.05) is 11.4 Å². The standard InChI is InChI=1S/C11H14N2O2S/c12-11(15)8-2-1-3-13(5-8)9-4-10(6-14)16-7-9/h4,6-8H,1-3,5H2,(H2,12,15). The van der Waals surface area contributed by atoms with E-state index in [0.29, 0.717) is 6.54 Å². The van der Waals surface area contributed by atoms with Crippen LogP contribution >= 0.6 is 11.3 Å². The third kappa shape index (κ3) is 2.24. The second-order valence-electron chi connectivity index (χ2n) is 4.01. The van der Waals surface area contributed by atoms with Gasteiger partial charge in [0.05, 0.1) is 10.8 Å². The highest BCUT2D eigenvalue weighted by atomic mass is 32.1. The number of carbonyl (C=O) groups is 2. The molecule has 2 heterocycles. The van der Waals surface area contributed by atoms with E-state index < -0.39 is 0 Å². The molecule has 5 heteroatoms. The molecule has 0 bridgehead atoms. The van der Waals surface area contributed by atoms with Gasteiger partial charge in [0.1, 0.15) is 0 Å². The van der Waals surface area contributed by atoms with Gasteiger partial charge < -0.3 is 10.6 Å². The molecule has 1 aromatic heterocycles. The molecule has 0 saturated carbocycles. The molecule has 86 valence electrons. The monoisotopic (exact) mass is 238 g/mol. The van der Waals surface area contributed by atoms with Gasteiger partial charge in [-0.3, -0.25) is 9.59 Å². The molecule has 1 unspecified atom stereocenters. The summed E-state index contributed by atoms with van der Waals surface area (Å²) in [6.07, 6.45) is 2.69. The lowest BCUT2D eigenvalue weighted by atomic mass is 9.97. The van der Waals surface area contributed by atoms with E-state index in [0.717, 1.165) is 36.2 Å². The summed E-state index contributed by atoms with van der Waals surface area (Å²) in [4.78, 5) is 24.6. The highest BCUT2D eigenvalue weighted by molar-refractivity contribution is 7.12. The Kier molecular flexibility index (Phi) is 3.24. The molecule has 1 atom stereocenters. The minimum Gasteiger partial charge on any atom is -0.370 e. The zero-order valence-corrected chi connectivity index (χ0v) is 9.70. The normalized spacial score (nSPS) is 20.8. The fourth-order valence-corrected chi connectivity index (χ4v) is 2.73. The van der Waals surface area contributed by atoms with Gasteiger partial charge in [-0.2, -0.15) is 0 Å². The van der Waals surface area contributed by atoms with Crippen molar-refractivity contribution in [3.8, 4) is 0 Å². The maximum atomic E-state index is 11.1. The number of aldehydes is 1. The molecule has 0 spiro atoms. The number of hydrogen-bond acceptors (Lipinski definition) is 4. The van der Waals surface area contributed by atoms with E-state index in [4.69, 9.17) is 5.73 Å². The topological polar surface area (TPSA) is 63.4 Å². The van der Waals surface area contributed by atoms with Crippen molar-refractivity contribution in [1.29, 1.82) is 0 Å². The van der Waals surface area contributed by atoms with E-state index >= 15 is 0 Å². The highest BCUT2D eigenvalue weighted by Gasteiger charge is 2.24. The van der Waals surface area contributed by atoms with Crippen molar-refractivity contribution < 1.29 is 9.59 Å². The number of thiophene rings is 1. The lowest BCUT2D eigenvalue weighted by molar-refractivity contribution is -0.122. The Bertz CT molecular complexity index is 402. The number of primary amides is 1. The van der Waals surface area contributed by atoms with Gasteiger partial charge in [-0.25, -0.2) is 0 Å². The van der Waals surface area contributed by atoms with Crippen molar-refractivity contribution in [3.05, 3.63) is 16.3 Å². The van der Waals surface area contributed by atoms with Crippen LogP contribution in [0.3, 0.4) is 0 Å². The molecule has 1 fully saturated rings. The second kappa shape index (κ2) is 4.65. The van der Waals surface area contributed by atoms with Crippen LogP contribution in [-0.4, -0.2) is 25.3 Å². The van der Waals surface area contributed by atoms with Gasteiger partial charge in [0.15, 0.2) is 6.29 Å². The Morgan fingerprint density at radius 3 is 3.06 bits per heavy atom. The molecule has 16 heavy (non-hydrogen) atoms. The highest BCUT2D eigenvalue weighted by Crippen LogP contribution is 2.26. The van der Waals surface area contributed by atoms with Crippen molar-refractivity contribution >= 4 is 29.2 Å². The Labute approximate surface area is 98.0 Å². The van der Waals surface area contributed by atoms with Crippen LogP contribution in [0, 0.1) is 5.92 Å². The molecule has 1 amide bonds. The molecule has 2 rings (SSSR count). The first kappa shape index (κ1) is 11.1. The van der Waals surface area contributed by atoms with Gasteiger partial charge in [-0.05, 0) is 18.9 Å². The van der Waals surface area contributed by atoms with Crippen LogP contribution in [0.2, 0.25) is 0 Å². The fraction of sp³-hybridized carbons (Fsp3) is 0.455. The maximum absolute atomic E-state index is 11.1. The Morgan fingerprint density at radius 2 is 2.44 bits per heavy atom. The van der Waals surface area contributed by atoms with Crippen LogP contribution in [-0.2, 0) is 4.79 Å². The summed E-state index contributed by atoms with van der Waals surface area (Å²) in [5, 5.41) is 1.95. The largest absolute Gasteiger partial charge is 0.370 e. The molecule has 1 aliphatic heterocycles. The van der Waals surface area contributed by atoms with E-state index in [2.05, 4.69) is 4.90 Å². The number of anilines is 1. The van der Waals surface area contributed by atoms with Gasteiger partial charge in [0.2, 0.25) is 5.91 Å². The second-order valence-corrected chi connectivity index (χ2v) is 4.96. The summed E-state index contributed by atoms with van der Waals surface area (Å²) in [7, 11) is 0. The summed E-state index contributed by atoms with van der Waals surface area (Å²) in [5.74, 6) is -0.288. The molecule has 1 aliphatic rings. The van der Waals surface area contributed by atoms with Crippen molar-refractivity contribution in [2.45, 2.75) is 12.8 Å². The number of hydrogen-bond donors (Lipinski definition) is 1. The quantitative estimate of drug-likeness (QED) is 0.806. The van der Waals surface area contributed by atoms with Crippen LogP contribution in [0.4, 0.5) is 5.69 Å². The van der Waals surface area contributed by atoms with Crippen LogP contribution in [0.25, 0.3) is 0 Å². The lowest BCUT2D eigenvalue weighted by Gasteiger charge is -2.32. The molecular weight excluding hydrogens is 224 g/mol.